The Labute approximate surface area is 202 Å². The van der Waals surface area contributed by atoms with Crippen molar-refractivity contribution in [2.24, 2.45) is 5.73 Å². The quantitative estimate of drug-likeness (QED) is 0.459. The third-order valence-corrected chi connectivity index (χ3v) is 7.22. The van der Waals surface area contributed by atoms with Crippen molar-refractivity contribution in [3.8, 4) is 5.95 Å². The Morgan fingerprint density at radius 3 is 2.89 bits per heavy atom. The Morgan fingerprint density at radius 1 is 1.20 bits per heavy atom. The SMILES string of the molecule is Cc1cc2c(C(N)=O)cccc2n1-c1nc2c(c(NCc3cccc(F)c3)n1)CC1CCCN1C2. The van der Waals surface area contributed by atoms with Gasteiger partial charge in [0.25, 0.3) is 0 Å². The van der Waals surface area contributed by atoms with Gasteiger partial charge < -0.3 is 11.1 Å². The summed E-state index contributed by atoms with van der Waals surface area (Å²) >= 11 is 0. The van der Waals surface area contributed by atoms with E-state index in [1.165, 1.54) is 25.0 Å². The van der Waals surface area contributed by atoms with Crippen molar-refractivity contribution in [2.75, 3.05) is 11.9 Å². The molecule has 0 bridgehead atoms. The number of rotatable bonds is 5. The van der Waals surface area contributed by atoms with Crippen LogP contribution in [0.15, 0.2) is 48.5 Å². The van der Waals surface area contributed by atoms with Crippen LogP contribution in [0.3, 0.4) is 0 Å². The van der Waals surface area contributed by atoms with Gasteiger partial charge >= 0.3 is 0 Å². The van der Waals surface area contributed by atoms with Gasteiger partial charge in [0, 0.05) is 41.3 Å². The van der Waals surface area contributed by atoms with Gasteiger partial charge in [-0.2, -0.15) is 4.98 Å². The van der Waals surface area contributed by atoms with Gasteiger partial charge in [0.15, 0.2) is 0 Å². The summed E-state index contributed by atoms with van der Waals surface area (Å²) in [6.07, 6.45) is 3.28. The molecule has 0 saturated carbocycles. The molecule has 1 fully saturated rings. The lowest BCUT2D eigenvalue weighted by molar-refractivity contribution is 0.100. The zero-order chi connectivity index (χ0) is 24.1. The summed E-state index contributed by atoms with van der Waals surface area (Å²) < 4.78 is 15.7. The summed E-state index contributed by atoms with van der Waals surface area (Å²) in [5.74, 6) is 0.623. The average Bonchev–Trinajstić information content (AvgIpc) is 3.43. The molecular formula is C27H27FN6O. The first-order valence-electron chi connectivity index (χ1n) is 12.0. The van der Waals surface area contributed by atoms with Gasteiger partial charge in [0.2, 0.25) is 11.9 Å². The maximum absolute atomic E-state index is 13.8. The van der Waals surface area contributed by atoms with Crippen LogP contribution < -0.4 is 11.1 Å². The van der Waals surface area contributed by atoms with E-state index in [2.05, 4.69) is 10.2 Å². The number of nitrogens with two attached hydrogens (primary N) is 1. The molecule has 4 heterocycles. The lowest BCUT2D eigenvalue weighted by Gasteiger charge is -2.32. The number of aromatic nitrogens is 3. The van der Waals surface area contributed by atoms with Crippen LogP contribution >= 0.6 is 0 Å². The summed E-state index contributed by atoms with van der Waals surface area (Å²) in [6.45, 7) is 4.31. The van der Waals surface area contributed by atoms with Gasteiger partial charge in [0.05, 0.1) is 11.2 Å². The number of carbonyl (C=O) groups is 1. The van der Waals surface area contributed by atoms with Crippen LogP contribution in [0.2, 0.25) is 0 Å². The molecule has 178 valence electrons. The number of nitrogens with one attached hydrogen (secondary N) is 1. The van der Waals surface area contributed by atoms with Crippen LogP contribution in [0, 0.1) is 12.7 Å². The van der Waals surface area contributed by atoms with Crippen LogP contribution in [0.5, 0.6) is 0 Å². The summed E-state index contributed by atoms with van der Waals surface area (Å²) in [5.41, 5.74) is 10.9. The van der Waals surface area contributed by atoms with Crippen LogP contribution in [0.4, 0.5) is 10.2 Å². The van der Waals surface area contributed by atoms with Crippen LogP contribution in [0.1, 0.15) is 45.7 Å². The molecule has 0 spiro atoms. The number of primary amides is 1. The number of hydrogen-bond acceptors (Lipinski definition) is 5. The van der Waals surface area contributed by atoms with Crippen molar-refractivity contribution >= 4 is 22.6 Å². The number of aryl methyl sites for hydroxylation is 1. The summed E-state index contributed by atoms with van der Waals surface area (Å²) in [5, 5.41) is 4.26. The second-order valence-corrected chi connectivity index (χ2v) is 9.48. The molecule has 1 atom stereocenters. The third-order valence-electron chi connectivity index (χ3n) is 7.22. The fraction of sp³-hybridized carbons (Fsp3) is 0.296. The maximum atomic E-state index is 13.8. The number of carbonyl (C=O) groups excluding carboxylic acids is 1. The summed E-state index contributed by atoms with van der Waals surface area (Å²) in [6, 6.07) is 14.6. The molecule has 6 rings (SSSR count). The summed E-state index contributed by atoms with van der Waals surface area (Å²) in [7, 11) is 0. The predicted octanol–water partition coefficient (Wildman–Crippen LogP) is 4.10. The molecular weight excluding hydrogens is 443 g/mol. The Morgan fingerprint density at radius 2 is 2.06 bits per heavy atom. The molecule has 1 unspecified atom stereocenters. The van der Waals surface area contributed by atoms with Crippen LogP contribution in [-0.4, -0.2) is 37.9 Å². The molecule has 0 aliphatic carbocycles. The standard InChI is InChI=1S/C27H27FN6O/c1-16-11-21-20(25(29)35)8-3-9-24(21)34(16)27-31-23-15-33-10-4-7-19(33)13-22(23)26(32-27)30-14-17-5-2-6-18(28)12-17/h2-3,5-6,8-9,11-12,19H,4,7,10,13-15H2,1H3,(H2,29,35)(H,30,31,32). The highest BCUT2D eigenvalue weighted by molar-refractivity contribution is 6.06. The predicted molar refractivity (Wildman–Crippen MR) is 133 cm³/mol. The summed E-state index contributed by atoms with van der Waals surface area (Å²) in [4.78, 5) is 24.5. The number of benzene rings is 2. The molecule has 4 aromatic rings. The van der Waals surface area contributed by atoms with E-state index in [1.807, 2.05) is 35.8 Å². The minimum absolute atomic E-state index is 0.254. The van der Waals surface area contributed by atoms with Crippen molar-refractivity contribution < 1.29 is 9.18 Å². The van der Waals surface area contributed by atoms with E-state index in [0.29, 0.717) is 24.1 Å². The molecule has 3 N–H and O–H groups in total. The Balaban J connectivity index is 1.47. The minimum atomic E-state index is -0.461. The Bertz CT molecular complexity index is 1460. The monoisotopic (exact) mass is 470 g/mol. The van der Waals surface area contributed by atoms with Crippen molar-refractivity contribution in [2.45, 2.75) is 45.3 Å². The second-order valence-electron chi connectivity index (χ2n) is 9.48. The van der Waals surface area contributed by atoms with E-state index in [1.54, 1.807) is 12.1 Å². The van der Waals surface area contributed by atoms with E-state index in [-0.39, 0.29) is 5.82 Å². The molecule has 8 heteroatoms. The van der Waals surface area contributed by atoms with Crippen molar-refractivity contribution in [3.05, 3.63) is 82.4 Å². The van der Waals surface area contributed by atoms with Crippen LogP contribution in [0.25, 0.3) is 16.9 Å². The van der Waals surface area contributed by atoms with Gasteiger partial charge in [-0.05, 0) is 68.6 Å². The molecule has 1 saturated heterocycles. The highest BCUT2D eigenvalue weighted by atomic mass is 19.1. The maximum Gasteiger partial charge on any atom is 0.249 e. The molecule has 2 aliphatic rings. The highest BCUT2D eigenvalue weighted by Crippen LogP contribution is 2.34. The van der Waals surface area contributed by atoms with Gasteiger partial charge in [-0.15, -0.1) is 0 Å². The Kier molecular flexibility index (Phi) is 5.25. The van der Waals surface area contributed by atoms with Crippen molar-refractivity contribution in [1.29, 1.82) is 0 Å². The molecule has 1 amide bonds. The van der Waals surface area contributed by atoms with E-state index < -0.39 is 5.91 Å². The number of nitrogens with zero attached hydrogens (tertiary/aromatic N) is 4. The first kappa shape index (κ1) is 21.7. The smallest absolute Gasteiger partial charge is 0.249 e. The zero-order valence-corrected chi connectivity index (χ0v) is 19.6. The van der Waals surface area contributed by atoms with Gasteiger partial charge in [-0.3, -0.25) is 14.3 Å². The lowest BCUT2D eigenvalue weighted by atomic mass is 9.98. The van der Waals surface area contributed by atoms with Gasteiger partial charge in [0.1, 0.15) is 11.6 Å². The molecule has 7 nitrogen and oxygen atoms in total. The number of fused-ring (bicyclic) bond motifs is 3. The van der Waals surface area contributed by atoms with E-state index in [0.717, 1.165) is 58.7 Å². The first-order chi connectivity index (χ1) is 17.0. The molecule has 2 aromatic carbocycles. The number of amides is 1. The number of halogens is 1. The fourth-order valence-electron chi connectivity index (χ4n) is 5.55. The average molecular weight is 471 g/mol. The van der Waals surface area contributed by atoms with E-state index in [9.17, 15) is 9.18 Å². The second kappa shape index (κ2) is 8.46. The van der Waals surface area contributed by atoms with Gasteiger partial charge in [-0.25, -0.2) is 9.37 Å². The largest absolute Gasteiger partial charge is 0.366 e. The number of hydrogen-bond donors (Lipinski definition) is 2. The van der Waals surface area contributed by atoms with E-state index in [4.69, 9.17) is 15.7 Å². The first-order valence-corrected chi connectivity index (χ1v) is 12.0. The van der Waals surface area contributed by atoms with Crippen molar-refractivity contribution in [3.63, 3.8) is 0 Å². The Hall–Kier alpha value is -3.78. The van der Waals surface area contributed by atoms with Crippen LogP contribution in [-0.2, 0) is 19.5 Å². The normalized spacial score (nSPS) is 17.4. The minimum Gasteiger partial charge on any atom is -0.366 e. The fourth-order valence-corrected chi connectivity index (χ4v) is 5.55. The molecule has 2 aromatic heterocycles. The number of anilines is 1. The highest BCUT2D eigenvalue weighted by Gasteiger charge is 2.33. The molecule has 0 radical (unpaired) electrons. The van der Waals surface area contributed by atoms with Gasteiger partial charge in [-0.1, -0.05) is 18.2 Å². The topological polar surface area (TPSA) is 89.1 Å². The van der Waals surface area contributed by atoms with E-state index >= 15 is 0 Å². The molecule has 2 aliphatic heterocycles. The zero-order valence-electron chi connectivity index (χ0n) is 19.6. The van der Waals surface area contributed by atoms with Crippen molar-refractivity contribution in [1.82, 2.24) is 19.4 Å². The lowest BCUT2D eigenvalue weighted by Crippen LogP contribution is -2.36. The third kappa shape index (κ3) is 3.83. The molecule has 35 heavy (non-hydrogen) atoms.